The standard InChI is InChI=1S/C24H20F3N5O3/c1-3-35-23(33)21-19-12-31-20(10-14-5-4-6-15(9-14)24(25,26)27)29-30-22(31)17-11-16(34-2)7-8-18(17)32(19)13-28-21/h4-9,11,13H,3,10,12H2,1-2H3. The van der Waals surface area contributed by atoms with Crippen LogP contribution in [0.4, 0.5) is 13.2 Å². The van der Waals surface area contributed by atoms with Crippen molar-refractivity contribution in [3.05, 3.63) is 77.1 Å². The Hall–Kier alpha value is -4.15. The predicted octanol–water partition coefficient (Wildman–Crippen LogP) is 4.29. The van der Waals surface area contributed by atoms with Crippen LogP contribution in [0.2, 0.25) is 0 Å². The van der Waals surface area contributed by atoms with Gasteiger partial charge in [-0.1, -0.05) is 18.2 Å². The molecule has 2 aromatic heterocycles. The summed E-state index contributed by atoms with van der Waals surface area (Å²) in [5.41, 5.74) is 1.80. The minimum absolute atomic E-state index is 0.110. The molecule has 0 spiro atoms. The summed E-state index contributed by atoms with van der Waals surface area (Å²) < 4.78 is 53.8. The largest absolute Gasteiger partial charge is 0.497 e. The van der Waals surface area contributed by atoms with E-state index >= 15 is 0 Å². The second kappa shape index (κ2) is 8.57. The summed E-state index contributed by atoms with van der Waals surface area (Å²) in [5, 5.41) is 8.65. The lowest BCUT2D eigenvalue weighted by Gasteiger charge is -2.11. The first kappa shape index (κ1) is 22.6. The Morgan fingerprint density at radius 1 is 1.14 bits per heavy atom. The number of ether oxygens (including phenoxy) is 2. The summed E-state index contributed by atoms with van der Waals surface area (Å²) in [4.78, 5) is 16.9. The third-order valence-electron chi connectivity index (χ3n) is 5.79. The zero-order chi connectivity index (χ0) is 24.7. The van der Waals surface area contributed by atoms with Crippen molar-refractivity contribution in [3.63, 3.8) is 0 Å². The molecule has 5 rings (SSSR count). The number of hydrogen-bond acceptors (Lipinski definition) is 6. The monoisotopic (exact) mass is 483 g/mol. The van der Waals surface area contributed by atoms with Gasteiger partial charge in [0.05, 0.1) is 37.2 Å². The van der Waals surface area contributed by atoms with E-state index in [-0.39, 0.29) is 25.3 Å². The van der Waals surface area contributed by atoms with Crippen LogP contribution in [0.1, 0.15) is 40.1 Å². The fourth-order valence-electron chi connectivity index (χ4n) is 4.16. The van der Waals surface area contributed by atoms with E-state index in [2.05, 4.69) is 15.2 Å². The fourth-order valence-corrected chi connectivity index (χ4v) is 4.16. The van der Waals surface area contributed by atoms with Crippen molar-refractivity contribution in [2.75, 3.05) is 13.7 Å². The van der Waals surface area contributed by atoms with Crippen LogP contribution in [0.5, 0.6) is 5.75 Å². The van der Waals surface area contributed by atoms with E-state index in [1.807, 2.05) is 6.07 Å². The van der Waals surface area contributed by atoms with Crippen LogP contribution < -0.4 is 4.74 Å². The Morgan fingerprint density at radius 3 is 2.71 bits per heavy atom. The Kier molecular flexibility index (Phi) is 5.54. The maximum absolute atomic E-state index is 13.2. The first-order valence-corrected chi connectivity index (χ1v) is 10.8. The van der Waals surface area contributed by atoms with Gasteiger partial charge in [-0.3, -0.25) is 4.57 Å². The third-order valence-corrected chi connectivity index (χ3v) is 5.79. The van der Waals surface area contributed by atoms with Crippen molar-refractivity contribution in [2.24, 2.45) is 0 Å². The highest BCUT2D eigenvalue weighted by atomic mass is 19.4. The average Bonchev–Trinajstić information content (AvgIpc) is 3.40. The van der Waals surface area contributed by atoms with Crippen LogP contribution in [-0.4, -0.2) is 44.0 Å². The van der Waals surface area contributed by atoms with Crippen molar-refractivity contribution in [2.45, 2.75) is 26.1 Å². The number of halogens is 3. The molecule has 8 nitrogen and oxygen atoms in total. The van der Waals surface area contributed by atoms with Gasteiger partial charge in [0.1, 0.15) is 17.9 Å². The Balaban J connectivity index is 1.65. The Morgan fingerprint density at radius 2 is 1.97 bits per heavy atom. The molecule has 2 aromatic carbocycles. The smallest absolute Gasteiger partial charge is 0.416 e. The van der Waals surface area contributed by atoms with Crippen molar-refractivity contribution < 1.29 is 27.4 Å². The van der Waals surface area contributed by atoms with Crippen LogP contribution in [0, 0.1) is 0 Å². The SMILES string of the molecule is CCOC(=O)c1ncn2c1Cn1c(Cc3cccc(C(F)(F)F)c3)nnc1-c1cc(OC)ccc1-2. The molecule has 1 aliphatic heterocycles. The van der Waals surface area contributed by atoms with Crippen LogP contribution in [0.3, 0.4) is 0 Å². The number of benzene rings is 2. The lowest BCUT2D eigenvalue weighted by atomic mass is 10.1. The van der Waals surface area contributed by atoms with Gasteiger partial charge in [0.2, 0.25) is 0 Å². The fraction of sp³-hybridized carbons (Fsp3) is 0.250. The quantitative estimate of drug-likeness (QED) is 0.347. The number of methoxy groups -OCH3 is 1. The second-order valence-electron chi connectivity index (χ2n) is 7.91. The lowest BCUT2D eigenvalue weighted by Crippen LogP contribution is -2.14. The molecule has 0 bridgehead atoms. The number of hydrogen-bond donors (Lipinski definition) is 0. The predicted molar refractivity (Wildman–Crippen MR) is 118 cm³/mol. The maximum Gasteiger partial charge on any atom is 0.416 e. The summed E-state index contributed by atoms with van der Waals surface area (Å²) in [6, 6.07) is 10.5. The summed E-state index contributed by atoms with van der Waals surface area (Å²) in [5.74, 6) is 0.969. The molecule has 0 atom stereocenters. The van der Waals surface area contributed by atoms with E-state index < -0.39 is 17.7 Å². The molecule has 3 heterocycles. The van der Waals surface area contributed by atoms with E-state index in [0.29, 0.717) is 39.9 Å². The number of fused-ring (bicyclic) bond motifs is 5. The number of esters is 1. The molecule has 0 fully saturated rings. The first-order valence-electron chi connectivity index (χ1n) is 10.8. The zero-order valence-corrected chi connectivity index (χ0v) is 18.8. The zero-order valence-electron chi connectivity index (χ0n) is 18.8. The molecular formula is C24H20F3N5O3. The van der Waals surface area contributed by atoms with Crippen molar-refractivity contribution >= 4 is 5.97 Å². The summed E-state index contributed by atoms with van der Waals surface area (Å²) in [6.07, 6.45) is -2.80. The molecule has 4 aromatic rings. The molecule has 0 amide bonds. The molecule has 0 unspecified atom stereocenters. The number of imidazole rings is 1. The van der Waals surface area contributed by atoms with Gasteiger partial charge in [-0.2, -0.15) is 13.2 Å². The number of alkyl halides is 3. The number of carbonyl (C=O) groups excluding carboxylic acids is 1. The van der Waals surface area contributed by atoms with Gasteiger partial charge in [-0.15, -0.1) is 10.2 Å². The van der Waals surface area contributed by atoms with Crippen LogP contribution in [0.25, 0.3) is 17.1 Å². The second-order valence-corrected chi connectivity index (χ2v) is 7.91. The van der Waals surface area contributed by atoms with Crippen LogP contribution >= 0.6 is 0 Å². The van der Waals surface area contributed by atoms with Crippen LogP contribution in [-0.2, 0) is 23.9 Å². The van der Waals surface area contributed by atoms with E-state index in [1.165, 1.54) is 6.07 Å². The van der Waals surface area contributed by atoms with Gasteiger partial charge >= 0.3 is 12.1 Å². The highest BCUT2D eigenvalue weighted by Crippen LogP contribution is 2.35. The first-order chi connectivity index (χ1) is 16.8. The van der Waals surface area contributed by atoms with Gasteiger partial charge in [0.25, 0.3) is 0 Å². The van der Waals surface area contributed by atoms with E-state index in [1.54, 1.807) is 47.7 Å². The van der Waals surface area contributed by atoms with Crippen LogP contribution in [0.15, 0.2) is 48.8 Å². The summed E-state index contributed by atoms with van der Waals surface area (Å²) in [7, 11) is 1.55. The normalized spacial score (nSPS) is 12.4. The van der Waals surface area contributed by atoms with E-state index in [0.717, 1.165) is 12.1 Å². The Labute approximate surface area is 198 Å². The molecule has 0 saturated heterocycles. The molecule has 180 valence electrons. The van der Waals surface area contributed by atoms with E-state index in [4.69, 9.17) is 9.47 Å². The molecule has 35 heavy (non-hydrogen) atoms. The minimum atomic E-state index is -4.45. The molecule has 11 heteroatoms. The van der Waals surface area contributed by atoms with Crippen molar-refractivity contribution in [1.29, 1.82) is 0 Å². The van der Waals surface area contributed by atoms with E-state index in [9.17, 15) is 18.0 Å². The number of rotatable bonds is 5. The highest BCUT2D eigenvalue weighted by Gasteiger charge is 2.31. The summed E-state index contributed by atoms with van der Waals surface area (Å²) >= 11 is 0. The van der Waals surface area contributed by atoms with Crippen molar-refractivity contribution in [1.82, 2.24) is 24.3 Å². The number of nitrogens with zero attached hydrogens (tertiary/aromatic N) is 5. The molecule has 0 aliphatic carbocycles. The van der Waals surface area contributed by atoms with Gasteiger partial charge in [0, 0.05) is 12.0 Å². The van der Waals surface area contributed by atoms with Gasteiger partial charge in [-0.25, -0.2) is 9.78 Å². The lowest BCUT2D eigenvalue weighted by molar-refractivity contribution is -0.137. The van der Waals surface area contributed by atoms with Gasteiger partial charge in [0.15, 0.2) is 11.5 Å². The molecule has 1 aliphatic rings. The highest BCUT2D eigenvalue weighted by molar-refractivity contribution is 5.89. The molecule has 0 N–H and O–H groups in total. The maximum atomic E-state index is 13.2. The molecule has 0 saturated carbocycles. The minimum Gasteiger partial charge on any atom is -0.497 e. The molecular weight excluding hydrogens is 463 g/mol. The number of carbonyl (C=O) groups is 1. The van der Waals surface area contributed by atoms with Gasteiger partial charge in [-0.05, 0) is 36.8 Å². The third kappa shape index (κ3) is 4.02. The Bertz CT molecular complexity index is 1420. The topological polar surface area (TPSA) is 84.1 Å². The number of aromatic nitrogens is 5. The summed E-state index contributed by atoms with van der Waals surface area (Å²) in [6.45, 7) is 2.07. The van der Waals surface area contributed by atoms with Gasteiger partial charge < -0.3 is 14.0 Å². The van der Waals surface area contributed by atoms with Crippen molar-refractivity contribution in [3.8, 4) is 22.8 Å². The average molecular weight is 483 g/mol. The molecule has 0 radical (unpaired) electrons.